The molecule has 0 radical (unpaired) electrons. The molecule has 0 aliphatic heterocycles. The fourth-order valence-corrected chi connectivity index (χ4v) is 3.10. The highest BCUT2D eigenvalue weighted by Crippen LogP contribution is 2.35. The Labute approximate surface area is 136 Å². The third-order valence-corrected chi connectivity index (χ3v) is 4.76. The van der Waals surface area contributed by atoms with Crippen LogP contribution < -0.4 is 5.32 Å². The van der Waals surface area contributed by atoms with Crippen molar-refractivity contribution in [3.8, 4) is 10.6 Å². The second kappa shape index (κ2) is 5.80. The van der Waals surface area contributed by atoms with Gasteiger partial charge in [0.25, 0.3) is 0 Å². The fourth-order valence-electron chi connectivity index (χ4n) is 2.20. The number of anilines is 1. The first-order valence-electron chi connectivity index (χ1n) is 7.34. The standard InChI is InChI=1S/C17H23N3OS/c1-9-8-10(2)12(4)13(11(9)3)14-19-20-16(22-14)18-15(21)17(5,6)7/h8H,1-7H3,(H,18,20,21). The van der Waals surface area contributed by atoms with Crippen LogP contribution in [0, 0.1) is 33.1 Å². The third kappa shape index (κ3) is 3.19. The lowest BCUT2D eigenvalue weighted by molar-refractivity contribution is -0.123. The number of aryl methyl sites for hydroxylation is 2. The summed E-state index contributed by atoms with van der Waals surface area (Å²) < 4.78 is 0. The zero-order valence-corrected chi connectivity index (χ0v) is 15.1. The van der Waals surface area contributed by atoms with Gasteiger partial charge in [-0.1, -0.05) is 38.2 Å². The molecule has 118 valence electrons. The number of amides is 1. The number of carbonyl (C=O) groups is 1. The van der Waals surface area contributed by atoms with Gasteiger partial charge in [-0.05, 0) is 49.9 Å². The number of hydrogen-bond donors (Lipinski definition) is 1. The van der Waals surface area contributed by atoms with Crippen molar-refractivity contribution in [2.24, 2.45) is 5.41 Å². The first-order valence-corrected chi connectivity index (χ1v) is 8.15. The summed E-state index contributed by atoms with van der Waals surface area (Å²) >= 11 is 1.42. The summed E-state index contributed by atoms with van der Waals surface area (Å²) in [7, 11) is 0. The molecule has 22 heavy (non-hydrogen) atoms. The molecule has 0 unspecified atom stereocenters. The second-order valence-electron chi connectivity index (χ2n) is 6.75. The lowest BCUT2D eigenvalue weighted by Crippen LogP contribution is -2.27. The monoisotopic (exact) mass is 317 g/mol. The molecule has 0 spiro atoms. The Morgan fingerprint density at radius 2 is 1.59 bits per heavy atom. The molecule has 0 saturated heterocycles. The van der Waals surface area contributed by atoms with E-state index >= 15 is 0 Å². The van der Waals surface area contributed by atoms with Gasteiger partial charge in [0, 0.05) is 11.0 Å². The number of aromatic nitrogens is 2. The molecule has 0 bridgehead atoms. The van der Waals surface area contributed by atoms with Crippen LogP contribution in [0.2, 0.25) is 0 Å². The molecule has 0 aliphatic rings. The molecular weight excluding hydrogens is 294 g/mol. The van der Waals surface area contributed by atoms with Gasteiger partial charge in [0.15, 0.2) is 0 Å². The Bertz CT molecular complexity index is 700. The van der Waals surface area contributed by atoms with Crippen LogP contribution in [-0.2, 0) is 4.79 Å². The van der Waals surface area contributed by atoms with E-state index in [0.29, 0.717) is 5.13 Å². The van der Waals surface area contributed by atoms with Crippen LogP contribution in [0.1, 0.15) is 43.0 Å². The number of nitrogens with zero attached hydrogens (tertiary/aromatic N) is 2. The topological polar surface area (TPSA) is 54.9 Å². The summed E-state index contributed by atoms with van der Waals surface area (Å²) in [6.45, 7) is 14.1. The van der Waals surface area contributed by atoms with Gasteiger partial charge in [-0.15, -0.1) is 10.2 Å². The fraction of sp³-hybridized carbons (Fsp3) is 0.471. The molecule has 1 aromatic carbocycles. The number of benzene rings is 1. The van der Waals surface area contributed by atoms with Gasteiger partial charge in [-0.25, -0.2) is 0 Å². The average Bonchev–Trinajstić information content (AvgIpc) is 2.84. The molecule has 1 aromatic heterocycles. The van der Waals surface area contributed by atoms with Gasteiger partial charge in [-0.2, -0.15) is 0 Å². The first kappa shape index (κ1) is 16.6. The quantitative estimate of drug-likeness (QED) is 0.892. The van der Waals surface area contributed by atoms with E-state index in [1.54, 1.807) is 0 Å². The van der Waals surface area contributed by atoms with Gasteiger partial charge in [0.2, 0.25) is 11.0 Å². The molecular formula is C17H23N3OS. The molecule has 2 aromatic rings. The minimum Gasteiger partial charge on any atom is -0.300 e. The van der Waals surface area contributed by atoms with E-state index in [0.717, 1.165) is 10.6 Å². The van der Waals surface area contributed by atoms with Crippen LogP contribution in [0.25, 0.3) is 10.6 Å². The molecule has 1 amide bonds. The predicted octanol–water partition coefficient (Wildman–Crippen LogP) is 4.42. The van der Waals surface area contributed by atoms with Crippen molar-refractivity contribution in [1.29, 1.82) is 0 Å². The zero-order chi connectivity index (χ0) is 16.7. The number of carbonyl (C=O) groups excluding carboxylic acids is 1. The lowest BCUT2D eigenvalue weighted by Gasteiger charge is -2.15. The van der Waals surface area contributed by atoms with Crippen LogP contribution >= 0.6 is 11.3 Å². The Morgan fingerprint density at radius 3 is 2.09 bits per heavy atom. The summed E-state index contributed by atoms with van der Waals surface area (Å²) in [5.74, 6) is -0.0518. The third-order valence-electron chi connectivity index (χ3n) is 3.91. The molecule has 0 fully saturated rings. The maximum absolute atomic E-state index is 12.0. The van der Waals surface area contributed by atoms with Gasteiger partial charge < -0.3 is 5.32 Å². The van der Waals surface area contributed by atoms with E-state index in [1.807, 2.05) is 20.8 Å². The largest absolute Gasteiger partial charge is 0.300 e. The predicted molar refractivity (Wildman–Crippen MR) is 92.4 cm³/mol. The normalized spacial score (nSPS) is 11.6. The van der Waals surface area contributed by atoms with Crippen molar-refractivity contribution in [1.82, 2.24) is 10.2 Å². The van der Waals surface area contributed by atoms with Crippen molar-refractivity contribution in [3.63, 3.8) is 0 Å². The van der Waals surface area contributed by atoms with Gasteiger partial charge >= 0.3 is 0 Å². The smallest absolute Gasteiger partial charge is 0.231 e. The summed E-state index contributed by atoms with van der Waals surface area (Å²) in [4.78, 5) is 12.0. The minimum atomic E-state index is -0.447. The molecule has 5 heteroatoms. The first-order chi connectivity index (χ1) is 10.1. The van der Waals surface area contributed by atoms with Crippen LogP contribution in [0.5, 0.6) is 0 Å². The summed E-state index contributed by atoms with van der Waals surface area (Å²) in [6, 6.07) is 2.19. The second-order valence-corrected chi connectivity index (χ2v) is 7.73. The zero-order valence-electron chi connectivity index (χ0n) is 14.3. The molecule has 4 nitrogen and oxygen atoms in total. The van der Waals surface area contributed by atoms with Crippen LogP contribution in [-0.4, -0.2) is 16.1 Å². The SMILES string of the molecule is Cc1cc(C)c(C)c(-c2nnc(NC(=O)C(C)(C)C)s2)c1C. The van der Waals surface area contributed by atoms with Crippen LogP contribution in [0.3, 0.4) is 0 Å². The molecule has 0 saturated carbocycles. The highest BCUT2D eigenvalue weighted by molar-refractivity contribution is 7.18. The molecule has 1 heterocycles. The highest BCUT2D eigenvalue weighted by atomic mass is 32.1. The van der Waals surface area contributed by atoms with E-state index in [4.69, 9.17) is 0 Å². The molecule has 1 N–H and O–H groups in total. The highest BCUT2D eigenvalue weighted by Gasteiger charge is 2.23. The van der Waals surface area contributed by atoms with Crippen molar-refractivity contribution < 1.29 is 4.79 Å². The number of hydrogen-bond acceptors (Lipinski definition) is 4. The Balaban J connectivity index is 2.40. The van der Waals surface area contributed by atoms with Crippen LogP contribution in [0.15, 0.2) is 6.07 Å². The van der Waals surface area contributed by atoms with Crippen molar-refractivity contribution in [2.75, 3.05) is 5.32 Å². The van der Waals surface area contributed by atoms with Crippen molar-refractivity contribution in [2.45, 2.75) is 48.5 Å². The van der Waals surface area contributed by atoms with E-state index in [2.05, 4.69) is 49.3 Å². The summed E-state index contributed by atoms with van der Waals surface area (Å²) in [5, 5.41) is 12.7. The minimum absolute atomic E-state index is 0.0518. The Morgan fingerprint density at radius 1 is 1.05 bits per heavy atom. The average molecular weight is 317 g/mol. The van der Waals surface area contributed by atoms with Crippen LogP contribution in [0.4, 0.5) is 5.13 Å². The summed E-state index contributed by atoms with van der Waals surface area (Å²) in [6.07, 6.45) is 0. The lowest BCUT2D eigenvalue weighted by atomic mass is 9.95. The van der Waals surface area contributed by atoms with Gasteiger partial charge in [-0.3, -0.25) is 4.79 Å². The Hall–Kier alpha value is -1.75. The number of nitrogens with one attached hydrogen (secondary N) is 1. The van der Waals surface area contributed by atoms with Gasteiger partial charge in [0.05, 0.1) is 0 Å². The van der Waals surface area contributed by atoms with E-state index < -0.39 is 5.41 Å². The molecule has 0 atom stereocenters. The molecule has 0 aliphatic carbocycles. The van der Waals surface area contributed by atoms with E-state index in [9.17, 15) is 4.79 Å². The Kier molecular flexibility index (Phi) is 4.38. The number of rotatable bonds is 2. The van der Waals surface area contributed by atoms with E-state index in [1.165, 1.54) is 33.6 Å². The summed E-state index contributed by atoms with van der Waals surface area (Å²) in [5.41, 5.74) is 5.60. The van der Waals surface area contributed by atoms with Crippen molar-refractivity contribution in [3.05, 3.63) is 28.3 Å². The van der Waals surface area contributed by atoms with E-state index in [-0.39, 0.29) is 5.91 Å². The van der Waals surface area contributed by atoms with Gasteiger partial charge in [0.1, 0.15) is 5.01 Å². The maximum Gasteiger partial charge on any atom is 0.231 e. The maximum atomic E-state index is 12.0. The molecule has 2 rings (SSSR count). The van der Waals surface area contributed by atoms with Crippen molar-refractivity contribution >= 4 is 22.4 Å².